The van der Waals surface area contributed by atoms with Gasteiger partial charge in [-0.2, -0.15) is 0 Å². The molecule has 0 saturated carbocycles. The van der Waals surface area contributed by atoms with Gasteiger partial charge in [0.15, 0.2) is 0 Å². The summed E-state index contributed by atoms with van der Waals surface area (Å²) in [4.78, 5) is 7.70. The van der Waals surface area contributed by atoms with Crippen molar-refractivity contribution in [3.05, 3.63) is 60.4 Å². The molecule has 1 aromatic heterocycles. The van der Waals surface area contributed by atoms with Gasteiger partial charge in [0.1, 0.15) is 17.1 Å². The molecule has 2 aliphatic rings. The summed E-state index contributed by atoms with van der Waals surface area (Å²) in [6.07, 6.45) is 2.49. The van der Waals surface area contributed by atoms with Gasteiger partial charge in [-0.05, 0) is 37.1 Å². The van der Waals surface area contributed by atoms with E-state index in [9.17, 15) is 0 Å². The third-order valence-electron chi connectivity index (χ3n) is 6.67. The maximum absolute atomic E-state index is 6.02. The second-order valence-electron chi connectivity index (χ2n) is 8.45. The van der Waals surface area contributed by atoms with Gasteiger partial charge in [0, 0.05) is 50.7 Å². The molecule has 0 spiro atoms. The standard InChI is InChI=1S/C25H31N3O2/c1-29-25-9-5-3-7-23(25)28-16-14-27(15-17-28)21-10-12-26(13-11-21)19-22-18-20-6-2-4-8-24(20)30-22/h2-9,18,21H,10-17,19H2,1H3. The summed E-state index contributed by atoms with van der Waals surface area (Å²) in [5.74, 6) is 2.06. The summed E-state index contributed by atoms with van der Waals surface area (Å²) in [7, 11) is 1.76. The van der Waals surface area contributed by atoms with Gasteiger partial charge in [0.05, 0.1) is 19.3 Å². The first-order valence-electron chi connectivity index (χ1n) is 11.1. The molecule has 0 N–H and O–H groups in total. The van der Waals surface area contributed by atoms with Crippen molar-refractivity contribution >= 4 is 16.7 Å². The molecule has 30 heavy (non-hydrogen) atoms. The van der Waals surface area contributed by atoms with Gasteiger partial charge in [-0.3, -0.25) is 9.80 Å². The number of piperidine rings is 1. The number of ether oxygens (including phenoxy) is 1. The summed E-state index contributed by atoms with van der Waals surface area (Å²) in [5, 5.41) is 1.20. The van der Waals surface area contributed by atoms with E-state index < -0.39 is 0 Å². The van der Waals surface area contributed by atoms with Gasteiger partial charge in [-0.1, -0.05) is 30.3 Å². The number of nitrogens with zero attached hydrogens (tertiary/aromatic N) is 3. The molecule has 5 heteroatoms. The smallest absolute Gasteiger partial charge is 0.142 e. The van der Waals surface area contributed by atoms with Crippen LogP contribution in [0, 0.1) is 0 Å². The van der Waals surface area contributed by atoms with Gasteiger partial charge in [-0.25, -0.2) is 0 Å². The number of likely N-dealkylation sites (tertiary alicyclic amines) is 1. The van der Waals surface area contributed by atoms with E-state index in [4.69, 9.17) is 9.15 Å². The summed E-state index contributed by atoms with van der Waals surface area (Å²) in [6.45, 7) is 7.61. The Bertz CT molecular complexity index is 936. The molecule has 3 aromatic rings. The highest BCUT2D eigenvalue weighted by atomic mass is 16.5. The van der Waals surface area contributed by atoms with E-state index in [0.717, 1.165) is 62.9 Å². The predicted molar refractivity (Wildman–Crippen MR) is 121 cm³/mol. The molecule has 0 bridgehead atoms. The lowest BCUT2D eigenvalue weighted by Gasteiger charge is -2.43. The van der Waals surface area contributed by atoms with E-state index in [1.807, 2.05) is 12.1 Å². The number of anilines is 1. The van der Waals surface area contributed by atoms with Crippen molar-refractivity contribution in [2.75, 3.05) is 51.3 Å². The highest BCUT2D eigenvalue weighted by Gasteiger charge is 2.28. The fourth-order valence-electron chi connectivity index (χ4n) is 5.00. The van der Waals surface area contributed by atoms with Crippen LogP contribution >= 0.6 is 0 Å². The molecular weight excluding hydrogens is 374 g/mol. The van der Waals surface area contributed by atoms with Gasteiger partial charge in [0.2, 0.25) is 0 Å². The van der Waals surface area contributed by atoms with Gasteiger partial charge in [-0.15, -0.1) is 0 Å². The Labute approximate surface area is 178 Å². The number of benzene rings is 2. The van der Waals surface area contributed by atoms with E-state index in [-0.39, 0.29) is 0 Å². The minimum Gasteiger partial charge on any atom is -0.495 e. The number of hydrogen-bond donors (Lipinski definition) is 0. The van der Waals surface area contributed by atoms with E-state index in [0.29, 0.717) is 6.04 Å². The van der Waals surface area contributed by atoms with Crippen LogP contribution in [0.3, 0.4) is 0 Å². The lowest BCUT2D eigenvalue weighted by Crippen LogP contribution is -2.53. The predicted octanol–water partition coefficient (Wildman–Crippen LogP) is 4.23. The zero-order valence-corrected chi connectivity index (χ0v) is 17.8. The molecule has 0 radical (unpaired) electrons. The zero-order valence-electron chi connectivity index (χ0n) is 17.8. The zero-order chi connectivity index (χ0) is 20.3. The van der Waals surface area contributed by atoms with Crippen molar-refractivity contribution in [2.24, 2.45) is 0 Å². The normalized spacial score (nSPS) is 19.4. The van der Waals surface area contributed by atoms with Crippen molar-refractivity contribution < 1.29 is 9.15 Å². The first kappa shape index (κ1) is 19.5. The SMILES string of the molecule is COc1ccccc1N1CCN(C2CCN(Cc3cc4ccccc4o3)CC2)CC1. The summed E-state index contributed by atoms with van der Waals surface area (Å²) in [5.41, 5.74) is 2.22. The van der Waals surface area contributed by atoms with Crippen molar-refractivity contribution in [3.63, 3.8) is 0 Å². The average molecular weight is 406 g/mol. The topological polar surface area (TPSA) is 32.1 Å². The second-order valence-corrected chi connectivity index (χ2v) is 8.45. The Morgan fingerprint density at radius 1 is 0.900 bits per heavy atom. The maximum Gasteiger partial charge on any atom is 0.142 e. The van der Waals surface area contributed by atoms with E-state index in [1.165, 1.54) is 23.9 Å². The van der Waals surface area contributed by atoms with Crippen LogP contribution in [0.4, 0.5) is 5.69 Å². The number of methoxy groups -OCH3 is 1. The molecular formula is C25H31N3O2. The second kappa shape index (κ2) is 8.70. The molecule has 3 heterocycles. The molecule has 0 aliphatic carbocycles. The molecule has 2 aliphatic heterocycles. The van der Waals surface area contributed by atoms with E-state index in [2.05, 4.69) is 57.2 Å². The van der Waals surface area contributed by atoms with Crippen molar-refractivity contribution in [1.29, 1.82) is 0 Å². The third-order valence-corrected chi connectivity index (χ3v) is 6.67. The maximum atomic E-state index is 6.02. The third kappa shape index (κ3) is 4.05. The Hall–Kier alpha value is -2.50. The minimum atomic E-state index is 0.705. The highest BCUT2D eigenvalue weighted by Crippen LogP contribution is 2.29. The van der Waals surface area contributed by atoms with Gasteiger partial charge >= 0.3 is 0 Å². The molecule has 5 nitrogen and oxygen atoms in total. The number of hydrogen-bond acceptors (Lipinski definition) is 5. The first-order valence-corrected chi connectivity index (χ1v) is 11.1. The molecule has 0 amide bonds. The molecule has 2 saturated heterocycles. The minimum absolute atomic E-state index is 0.705. The van der Waals surface area contributed by atoms with Crippen LogP contribution in [0.25, 0.3) is 11.0 Å². The lowest BCUT2D eigenvalue weighted by atomic mass is 10.0. The van der Waals surface area contributed by atoms with Gasteiger partial charge in [0.25, 0.3) is 0 Å². The molecule has 0 unspecified atom stereocenters. The Kier molecular flexibility index (Phi) is 5.65. The number of fused-ring (bicyclic) bond motifs is 1. The molecule has 2 fully saturated rings. The largest absolute Gasteiger partial charge is 0.495 e. The van der Waals surface area contributed by atoms with Crippen LogP contribution in [-0.4, -0.2) is 62.2 Å². The fourth-order valence-corrected chi connectivity index (χ4v) is 5.00. The lowest BCUT2D eigenvalue weighted by molar-refractivity contribution is 0.0965. The van der Waals surface area contributed by atoms with Crippen LogP contribution in [0.15, 0.2) is 59.0 Å². The fraction of sp³-hybridized carbons (Fsp3) is 0.440. The quantitative estimate of drug-likeness (QED) is 0.634. The molecule has 2 aromatic carbocycles. The number of rotatable bonds is 5. The monoisotopic (exact) mass is 405 g/mol. The van der Waals surface area contributed by atoms with Crippen LogP contribution in [0.2, 0.25) is 0 Å². The van der Waals surface area contributed by atoms with Crippen LogP contribution in [0.1, 0.15) is 18.6 Å². The van der Waals surface area contributed by atoms with Crippen molar-refractivity contribution in [2.45, 2.75) is 25.4 Å². The first-order chi connectivity index (χ1) is 14.8. The van der Waals surface area contributed by atoms with Gasteiger partial charge < -0.3 is 14.1 Å². The number of furan rings is 1. The van der Waals surface area contributed by atoms with Crippen molar-refractivity contribution in [3.8, 4) is 5.75 Å². The molecule has 158 valence electrons. The molecule has 0 atom stereocenters. The van der Waals surface area contributed by atoms with Crippen LogP contribution < -0.4 is 9.64 Å². The number of piperazine rings is 1. The average Bonchev–Trinajstić information content (AvgIpc) is 3.22. The van der Waals surface area contributed by atoms with E-state index >= 15 is 0 Å². The Balaban J connectivity index is 1.12. The van der Waals surface area contributed by atoms with Crippen molar-refractivity contribution in [1.82, 2.24) is 9.80 Å². The van der Waals surface area contributed by atoms with Crippen LogP contribution in [-0.2, 0) is 6.54 Å². The number of para-hydroxylation sites is 3. The summed E-state index contributed by atoms with van der Waals surface area (Å²) < 4.78 is 11.6. The Morgan fingerprint density at radius 2 is 1.63 bits per heavy atom. The molecule has 5 rings (SSSR count). The summed E-state index contributed by atoms with van der Waals surface area (Å²) >= 11 is 0. The highest BCUT2D eigenvalue weighted by molar-refractivity contribution is 5.77. The summed E-state index contributed by atoms with van der Waals surface area (Å²) in [6, 6.07) is 19.5. The van der Waals surface area contributed by atoms with E-state index in [1.54, 1.807) is 7.11 Å². The Morgan fingerprint density at radius 3 is 2.40 bits per heavy atom. The van der Waals surface area contributed by atoms with Crippen LogP contribution in [0.5, 0.6) is 5.75 Å².